The predicted octanol–water partition coefficient (Wildman–Crippen LogP) is 5.48. The first kappa shape index (κ1) is 22.7. The van der Waals surface area contributed by atoms with Crippen molar-refractivity contribution < 1.29 is 13.3 Å². The lowest BCUT2D eigenvalue weighted by molar-refractivity contribution is 0.0649. The number of rotatable bonds is 15. The van der Waals surface area contributed by atoms with Crippen LogP contribution in [0.1, 0.15) is 60.8 Å². The van der Waals surface area contributed by atoms with Crippen molar-refractivity contribution in [2.45, 2.75) is 78.9 Å². The van der Waals surface area contributed by atoms with Crippen LogP contribution in [0.5, 0.6) is 0 Å². The second kappa shape index (κ2) is 13.0. The van der Waals surface area contributed by atoms with Gasteiger partial charge in [0.05, 0.1) is 5.38 Å². The summed E-state index contributed by atoms with van der Waals surface area (Å²) in [4.78, 5) is 0. The van der Waals surface area contributed by atoms with Crippen LogP contribution in [-0.4, -0.2) is 41.2 Å². The Balaban J connectivity index is 4.97. The highest BCUT2D eigenvalue weighted by atomic mass is 32.4. The van der Waals surface area contributed by atoms with E-state index in [1.807, 2.05) is 0 Å². The monoisotopic (exact) mass is 366 g/mol. The van der Waals surface area contributed by atoms with Crippen molar-refractivity contribution in [3.63, 3.8) is 0 Å². The highest BCUT2D eigenvalue weighted by Crippen LogP contribution is 2.35. The second-order valence-corrected chi connectivity index (χ2v) is 17.4. The Labute approximate surface area is 144 Å². The summed E-state index contributed by atoms with van der Waals surface area (Å²) in [5, 5.41) is 0.939. The minimum atomic E-state index is -2.52. The van der Waals surface area contributed by atoms with Crippen LogP contribution in [0.25, 0.3) is 0 Å². The standard InChI is InChI=1S/C16H38O3SSi2/c1-7-13-17-22(18-14-8-2,19-15-9-3)16-20-21(10-4,11-5)12-6/h7-16H2,1-6H3. The topological polar surface area (TPSA) is 27.7 Å². The first-order chi connectivity index (χ1) is 10.6. The van der Waals surface area contributed by atoms with E-state index < -0.39 is 16.0 Å². The molecule has 0 N–H and O–H groups in total. The van der Waals surface area contributed by atoms with Gasteiger partial charge in [-0.1, -0.05) is 59.7 Å². The van der Waals surface area contributed by atoms with Gasteiger partial charge in [-0.2, -0.15) is 11.2 Å². The molecule has 22 heavy (non-hydrogen) atoms. The van der Waals surface area contributed by atoms with Crippen LogP contribution in [0.4, 0.5) is 0 Å². The fourth-order valence-electron chi connectivity index (χ4n) is 2.32. The van der Waals surface area contributed by atoms with E-state index in [1.165, 1.54) is 18.1 Å². The molecule has 0 aromatic heterocycles. The summed E-state index contributed by atoms with van der Waals surface area (Å²) in [6.45, 7) is 15.7. The van der Waals surface area contributed by atoms with Crippen molar-refractivity contribution in [2.75, 3.05) is 25.2 Å². The fraction of sp³-hybridized carbons (Fsp3) is 1.00. The van der Waals surface area contributed by atoms with Crippen LogP contribution in [0, 0.1) is 0 Å². The maximum Gasteiger partial charge on any atom is 0.510 e. The van der Waals surface area contributed by atoms with Gasteiger partial charge in [-0.15, -0.1) is 0 Å². The Kier molecular flexibility index (Phi) is 13.4. The normalized spacial score (nSPS) is 12.8. The second-order valence-electron chi connectivity index (χ2n) is 5.76. The molecule has 0 rings (SSSR count). The molecule has 0 radical (unpaired) electrons. The van der Waals surface area contributed by atoms with Gasteiger partial charge >= 0.3 is 8.80 Å². The molecule has 0 aromatic rings. The first-order valence-electron chi connectivity index (χ1n) is 9.13. The molecule has 0 saturated carbocycles. The molecular formula is C16H38O3SSi2. The largest absolute Gasteiger partial charge is 0.510 e. The van der Waals surface area contributed by atoms with E-state index in [4.69, 9.17) is 13.3 Å². The molecule has 0 aliphatic carbocycles. The molecule has 0 fully saturated rings. The first-order valence-corrected chi connectivity index (χ1v) is 15.4. The predicted molar refractivity (Wildman–Crippen MR) is 104 cm³/mol. The zero-order chi connectivity index (χ0) is 16.9. The molecule has 0 aliphatic rings. The smallest absolute Gasteiger partial charge is 0.373 e. The lowest BCUT2D eigenvalue weighted by Gasteiger charge is -2.34. The molecule has 0 aliphatic heterocycles. The molecule has 0 unspecified atom stereocenters. The van der Waals surface area contributed by atoms with Crippen molar-refractivity contribution in [3.05, 3.63) is 0 Å². The van der Waals surface area contributed by atoms with Gasteiger partial charge in [0.1, 0.15) is 7.22 Å². The van der Waals surface area contributed by atoms with E-state index in [1.54, 1.807) is 0 Å². The van der Waals surface area contributed by atoms with Crippen molar-refractivity contribution in [2.24, 2.45) is 0 Å². The van der Waals surface area contributed by atoms with E-state index in [0.717, 1.165) is 44.5 Å². The molecule has 134 valence electrons. The summed E-state index contributed by atoms with van der Waals surface area (Å²) in [5.41, 5.74) is 0. The molecule has 0 saturated heterocycles. The Morgan fingerprint density at radius 1 is 0.636 bits per heavy atom. The van der Waals surface area contributed by atoms with Crippen LogP contribution in [-0.2, 0) is 13.3 Å². The summed E-state index contributed by atoms with van der Waals surface area (Å²) in [5.74, 6) is 0. The van der Waals surface area contributed by atoms with Crippen LogP contribution in [0.2, 0.25) is 18.1 Å². The average molecular weight is 367 g/mol. The summed E-state index contributed by atoms with van der Waals surface area (Å²) >= 11 is 2.15. The summed E-state index contributed by atoms with van der Waals surface area (Å²) < 4.78 is 18.6. The molecule has 0 aromatic carbocycles. The maximum atomic E-state index is 6.21. The molecule has 0 bridgehead atoms. The Morgan fingerprint density at radius 3 is 1.27 bits per heavy atom. The molecule has 3 nitrogen and oxygen atoms in total. The van der Waals surface area contributed by atoms with Gasteiger partial charge in [0.2, 0.25) is 0 Å². The van der Waals surface area contributed by atoms with Gasteiger partial charge in [-0.3, -0.25) is 0 Å². The Bertz CT molecular complexity index is 234. The molecule has 0 atom stereocenters. The minimum absolute atomic E-state index is 0.749. The molecule has 0 amide bonds. The zero-order valence-corrected chi connectivity index (χ0v) is 18.5. The van der Waals surface area contributed by atoms with Crippen molar-refractivity contribution in [1.82, 2.24) is 0 Å². The van der Waals surface area contributed by atoms with Crippen LogP contribution in [0.3, 0.4) is 0 Å². The van der Waals surface area contributed by atoms with E-state index >= 15 is 0 Å². The average Bonchev–Trinajstić information content (AvgIpc) is 2.57. The highest BCUT2D eigenvalue weighted by molar-refractivity contribution is 8.29. The van der Waals surface area contributed by atoms with Crippen molar-refractivity contribution >= 4 is 27.2 Å². The van der Waals surface area contributed by atoms with Crippen molar-refractivity contribution in [1.29, 1.82) is 0 Å². The lowest BCUT2D eigenvalue weighted by Crippen LogP contribution is -2.51. The summed E-state index contributed by atoms with van der Waals surface area (Å²) in [6, 6.07) is 3.97. The number of hydrogen-bond donors (Lipinski definition) is 0. The Hall–Kier alpha value is 0.664. The van der Waals surface area contributed by atoms with Crippen LogP contribution >= 0.6 is 11.2 Å². The van der Waals surface area contributed by atoms with E-state index in [2.05, 4.69) is 52.8 Å². The summed E-state index contributed by atoms with van der Waals surface area (Å²) in [7, 11) is -3.75. The number of hydrogen-bond acceptors (Lipinski definition) is 4. The van der Waals surface area contributed by atoms with E-state index in [-0.39, 0.29) is 0 Å². The van der Waals surface area contributed by atoms with E-state index in [9.17, 15) is 0 Å². The third-order valence-electron chi connectivity index (χ3n) is 4.07. The maximum absolute atomic E-state index is 6.21. The Morgan fingerprint density at radius 2 is 1.00 bits per heavy atom. The molecule has 6 heteroatoms. The quantitative estimate of drug-likeness (QED) is 0.359. The molecule has 0 spiro atoms. The van der Waals surface area contributed by atoms with Gasteiger partial charge < -0.3 is 13.3 Å². The zero-order valence-electron chi connectivity index (χ0n) is 15.7. The van der Waals surface area contributed by atoms with Crippen molar-refractivity contribution in [3.8, 4) is 0 Å². The van der Waals surface area contributed by atoms with Gasteiger partial charge in [0, 0.05) is 19.8 Å². The van der Waals surface area contributed by atoms with Gasteiger partial charge in [-0.25, -0.2) is 0 Å². The SMILES string of the molecule is CCCO[Si](CS[Si](CC)(CC)CC)(OCCC)OCCC. The van der Waals surface area contributed by atoms with Crippen LogP contribution < -0.4 is 0 Å². The van der Waals surface area contributed by atoms with Crippen LogP contribution in [0.15, 0.2) is 0 Å². The van der Waals surface area contributed by atoms with E-state index in [0.29, 0.717) is 0 Å². The minimum Gasteiger partial charge on any atom is -0.373 e. The third-order valence-corrected chi connectivity index (χ3v) is 18.2. The lowest BCUT2D eigenvalue weighted by atomic mass is 10.5. The fourth-order valence-corrected chi connectivity index (χ4v) is 15.3. The van der Waals surface area contributed by atoms with Gasteiger partial charge in [0.15, 0.2) is 0 Å². The third kappa shape index (κ3) is 7.97. The summed E-state index contributed by atoms with van der Waals surface area (Å²) in [6.07, 6.45) is 3.05. The van der Waals surface area contributed by atoms with Gasteiger partial charge in [-0.05, 0) is 19.3 Å². The molecular weight excluding hydrogens is 328 g/mol. The van der Waals surface area contributed by atoms with Gasteiger partial charge in [0.25, 0.3) is 0 Å². The highest BCUT2D eigenvalue weighted by Gasteiger charge is 2.44. The molecule has 0 heterocycles.